The van der Waals surface area contributed by atoms with E-state index < -0.39 is 7.60 Å². The summed E-state index contributed by atoms with van der Waals surface area (Å²) in [4.78, 5) is 17.5. The highest BCUT2D eigenvalue weighted by molar-refractivity contribution is 7.51. The first-order chi connectivity index (χ1) is 12.1. The molecule has 0 atom stereocenters. The lowest BCUT2D eigenvalue weighted by Gasteiger charge is -2.05. The molecule has 0 saturated heterocycles. The van der Waals surface area contributed by atoms with E-state index >= 15 is 0 Å². The Morgan fingerprint density at radius 3 is 1.36 bits per heavy atom. The molecule has 0 aliphatic carbocycles. The Labute approximate surface area is 154 Å². The second-order valence-corrected chi connectivity index (χ2v) is 9.04. The van der Waals surface area contributed by atoms with Crippen molar-refractivity contribution in [1.29, 1.82) is 0 Å². The molecule has 0 amide bonds. The molecule has 5 heteroatoms. The minimum absolute atomic E-state index is 0.0549. The summed E-state index contributed by atoms with van der Waals surface area (Å²) in [6.07, 6.45) is 21.7. The maximum atomic E-state index is 10.7. The SMILES string of the molecule is O=P(O)(O)CCCCCCCCCCCCCCCCn1cccc1. The summed E-state index contributed by atoms with van der Waals surface area (Å²) in [6, 6.07) is 4.18. The fraction of sp³-hybridized carbons (Fsp3) is 0.800. The lowest BCUT2D eigenvalue weighted by Crippen LogP contribution is -1.93. The second-order valence-electron chi connectivity index (χ2n) is 7.26. The predicted octanol–water partition coefficient (Wildman–Crippen LogP) is 6.13. The van der Waals surface area contributed by atoms with Crippen molar-refractivity contribution in [3.63, 3.8) is 0 Å². The molecule has 1 rings (SSSR count). The summed E-state index contributed by atoms with van der Waals surface area (Å²) in [5.41, 5.74) is 0. The molecule has 2 N–H and O–H groups in total. The average Bonchev–Trinajstić information content (AvgIpc) is 3.07. The number of nitrogens with zero attached hydrogens (tertiary/aromatic N) is 1. The highest BCUT2D eigenvalue weighted by atomic mass is 31.2. The second kappa shape index (κ2) is 14.6. The molecule has 25 heavy (non-hydrogen) atoms. The van der Waals surface area contributed by atoms with Crippen molar-refractivity contribution in [2.75, 3.05) is 6.16 Å². The molecular formula is C20H38NO3P. The van der Waals surface area contributed by atoms with Crippen molar-refractivity contribution in [1.82, 2.24) is 4.57 Å². The molecule has 0 unspecified atom stereocenters. The summed E-state index contributed by atoms with van der Waals surface area (Å²) >= 11 is 0. The van der Waals surface area contributed by atoms with E-state index in [-0.39, 0.29) is 6.16 Å². The van der Waals surface area contributed by atoms with Gasteiger partial charge in [0.15, 0.2) is 0 Å². The van der Waals surface area contributed by atoms with Crippen LogP contribution in [-0.2, 0) is 11.1 Å². The van der Waals surface area contributed by atoms with E-state index in [1.165, 1.54) is 70.6 Å². The zero-order valence-corrected chi connectivity index (χ0v) is 16.7. The van der Waals surface area contributed by atoms with E-state index in [1.54, 1.807) is 0 Å². The summed E-state index contributed by atoms with van der Waals surface area (Å²) < 4.78 is 13.0. The monoisotopic (exact) mass is 371 g/mol. The molecule has 0 aromatic carbocycles. The Morgan fingerprint density at radius 1 is 0.600 bits per heavy atom. The highest BCUT2D eigenvalue weighted by Gasteiger charge is 2.10. The van der Waals surface area contributed by atoms with E-state index in [4.69, 9.17) is 9.79 Å². The molecule has 0 spiro atoms. The van der Waals surface area contributed by atoms with Gasteiger partial charge in [-0.25, -0.2) is 0 Å². The van der Waals surface area contributed by atoms with Gasteiger partial charge in [0.1, 0.15) is 0 Å². The van der Waals surface area contributed by atoms with E-state index in [1.807, 2.05) is 0 Å². The standard InChI is InChI=1S/C20H38NO3P/c22-25(23,24)20-16-12-10-8-6-4-2-1-3-5-7-9-11-13-17-21-18-14-15-19-21/h14-15,18-19H,1-13,16-17,20H2,(H2,22,23,24). The van der Waals surface area contributed by atoms with Crippen molar-refractivity contribution in [3.05, 3.63) is 24.5 Å². The summed E-state index contributed by atoms with van der Waals surface area (Å²) in [6.45, 7) is 1.16. The van der Waals surface area contributed by atoms with Gasteiger partial charge in [-0.15, -0.1) is 0 Å². The summed E-state index contributed by atoms with van der Waals surface area (Å²) in [5.74, 6) is 0. The van der Waals surface area contributed by atoms with Crippen molar-refractivity contribution in [2.45, 2.75) is 96.4 Å². The minimum Gasteiger partial charge on any atom is -0.354 e. The van der Waals surface area contributed by atoms with Gasteiger partial charge in [0.2, 0.25) is 0 Å². The summed E-state index contributed by atoms with van der Waals surface area (Å²) in [5, 5.41) is 0. The van der Waals surface area contributed by atoms with Crippen LogP contribution in [0, 0.1) is 0 Å². The van der Waals surface area contributed by atoms with Crippen LogP contribution < -0.4 is 0 Å². The van der Waals surface area contributed by atoms with Crippen LogP contribution in [0.5, 0.6) is 0 Å². The zero-order valence-electron chi connectivity index (χ0n) is 15.8. The Hall–Kier alpha value is -0.570. The number of aromatic nitrogens is 1. The normalized spacial score (nSPS) is 11.9. The molecular weight excluding hydrogens is 333 g/mol. The van der Waals surface area contributed by atoms with Crippen LogP contribution >= 0.6 is 7.60 Å². The van der Waals surface area contributed by atoms with Gasteiger partial charge in [-0.2, -0.15) is 0 Å². The largest absolute Gasteiger partial charge is 0.354 e. The maximum Gasteiger partial charge on any atom is 0.325 e. The highest BCUT2D eigenvalue weighted by Crippen LogP contribution is 2.35. The van der Waals surface area contributed by atoms with Gasteiger partial charge in [0.25, 0.3) is 0 Å². The molecule has 1 aromatic heterocycles. The van der Waals surface area contributed by atoms with Crippen LogP contribution in [0.2, 0.25) is 0 Å². The van der Waals surface area contributed by atoms with Gasteiger partial charge >= 0.3 is 7.60 Å². The van der Waals surface area contributed by atoms with Crippen LogP contribution in [0.1, 0.15) is 89.9 Å². The quantitative estimate of drug-likeness (QED) is 0.256. The van der Waals surface area contributed by atoms with Gasteiger partial charge < -0.3 is 14.4 Å². The number of unbranched alkanes of at least 4 members (excludes halogenated alkanes) is 13. The maximum absolute atomic E-state index is 10.7. The molecule has 0 saturated carbocycles. The fourth-order valence-electron chi connectivity index (χ4n) is 3.25. The minimum atomic E-state index is -3.76. The van der Waals surface area contributed by atoms with Crippen molar-refractivity contribution < 1.29 is 14.4 Å². The fourth-order valence-corrected chi connectivity index (χ4v) is 3.89. The summed E-state index contributed by atoms with van der Waals surface area (Å²) in [7, 11) is -3.76. The van der Waals surface area contributed by atoms with E-state index in [0.717, 1.165) is 19.4 Å². The third-order valence-electron chi connectivity index (χ3n) is 4.78. The third kappa shape index (κ3) is 15.4. The van der Waals surface area contributed by atoms with Crippen LogP contribution in [0.15, 0.2) is 24.5 Å². The van der Waals surface area contributed by atoms with Crippen LogP contribution in [0.25, 0.3) is 0 Å². The number of aryl methyl sites for hydroxylation is 1. The Kier molecular flexibility index (Phi) is 13.1. The zero-order chi connectivity index (χ0) is 18.2. The lowest BCUT2D eigenvalue weighted by atomic mass is 10.0. The van der Waals surface area contributed by atoms with Crippen molar-refractivity contribution in [2.24, 2.45) is 0 Å². The predicted molar refractivity (Wildman–Crippen MR) is 106 cm³/mol. The van der Waals surface area contributed by atoms with Crippen LogP contribution in [-0.4, -0.2) is 20.5 Å². The molecule has 0 fully saturated rings. The molecule has 4 nitrogen and oxygen atoms in total. The molecule has 1 heterocycles. The van der Waals surface area contributed by atoms with Gasteiger partial charge in [-0.3, -0.25) is 4.57 Å². The van der Waals surface area contributed by atoms with Crippen molar-refractivity contribution in [3.8, 4) is 0 Å². The third-order valence-corrected chi connectivity index (χ3v) is 5.68. The molecule has 0 aliphatic rings. The molecule has 0 radical (unpaired) electrons. The van der Waals surface area contributed by atoms with Crippen molar-refractivity contribution >= 4 is 7.60 Å². The van der Waals surface area contributed by atoms with Gasteiger partial charge in [-0.1, -0.05) is 77.0 Å². The number of rotatable bonds is 17. The first-order valence-electron chi connectivity index (χ1n) is 10.2. The van der Waals surface area contributed by atoms with E-state index in [9.17, 15) is 4.57 Å². The van der Waals surface area contributed by atoms with Gasteiger partial charge in [-0.05, 0) is 25.0 Å². The lowest BCUT2D eigenvalue weighted by molar-refractivity contribution is 0.370. The Bertz CT molecular complexity index is 442. The van der Waals surface area contributed by atoms with E-state index in [0.29, 0.717) is 6.42 Å². The van der Waals surface area contributed by atoms with Crippen LogP contribution in [0.4, 0.5) is 0 Å². The van der Waals surface area contributed by atoms with Gasteiger partial charge in [0.05, 0.1) is 0 Å². The molecule has 1 aromatic rings. The molecule has 0 bridgehead atoms. The Balaban J connectivity index is 1.70. The smallest absolute Gasteiger partial charge is 0.325 e. The van der Waals surface area contributed by atoms with Gasteiger partial charge in [0, 0.05) is 25.1 Å². The van der Waals surface area contributed by atoms with E-state index in [2.05, 4.69) is 29.1 Å². The topological polar surface area (TPSA) is 62.5 Å². The number of hydrogen-bond donors (Lipinski definition) is 2. The first kappa shape index (κ1) is 22.5. The Morgan fingerprint density at radius 2 is 0.960 bits per heavy atom. The van der Waals surface area contributed by atoms with Crippen LogP contribution in [0.3, 0.4) is 0 Å². The average molecular weight is 372 g/mol. The molecule has 146 valence electrons. The first-order valence-corrected chi connectivity index (χ1v) is 12.0. The number of hydrogen-bond acceptors (Lipinski definition) is 1. The molecule has 0 aliphatic heterocycles.